The van der Waals surface area contributed by atoms with Gasteiger partial charge in [-0.05, 0) is 12.1 Å². The van der Waals surface area contributed by atoms with Crippen molar-refractivity contribution in [3.05, 3.63) is 33.7 Å². The van der Waals surface area contributed by atoms with Crippen LogP contribution in [-0.2, 0) is 0 Å². The molecule has 0 amide bonds. The first-order chi connectivity index (χ1) is 6.20. The molecule has 0 aliphatic carbocycles. The molecule has 1 heterocycles. The summed E-state index contributed by atoms with van der Waals surface area (Å²) in [6, 6.07) is 2.89. The van der Waals surface area contributed by atoms with Gasteiger partial charge < -0.3 is 5.11 Å². The zero-order valence-electron chi connectivity index (χ0n) is 6.41. The normalized spacial score (nSPS) is 10.5. The second kappa shape index (κ2) is 2.74. The second-order valence-electron chi connectivity index (χ2n) is 2.55. The molecule has 2 N–H and O–H groups in total. The van der Waals surface area contributed by atoms with E-state index >= 15 is 0 Å². The first kappa shape index (κ1) is 8.07. The number of halogens is 1. The van der Waals surface area contributed by atoms with E-state index in [-0.39, 0.29) is 11.1 Å². The highest BCUT2D eigenvalue weighted by atomic mass is 35.5. The van der Waals surface area contributed by atoms with Crippen molar-refractivity contribution in [2.45, 2.75) is 0 Å². The molecule has 0 fully saturated rings. The number of aromatic nitrogens is 2. The summed E-state index contributed by atoms with van der Waals surface area (Å²) in [5.41, 5.74) is -0.404. The van der Waals surface area contributed by atoms with Gasteiger partial charge in [0.15, 0.2) is 0 Å². The first-order valence-electron chi connectivity index (χ1n) is 3.55. The molecule has 1 aromatic heterocycles. The summed E-state index contributed by atoms with van der Waals surface area (Å²) in [4.78, 5) is 11.2. The molecule has 2 aromatic rings. The number of benzene rings is 1. The Kier molecular flexibility index (Phi) is 1.70. The van der Waals surface area contributed by atoms with Crippen LogP contribution in [0.3, 0.4) is 0 Å². The van der Waals surface area contributed by atoms with Gasteiger partial charge in [0.25, 0.3) is 5.56 Å². The van der Waals surface area contributed by atoms with Gasteiger partial charge in [0, 0.05) is 0 Å². The smallest absolute Gasteiger partial charge is 0.273 e. The van der Waals surface area contributed by atoms with Crippen LogP contribution < -0.4 is 5.56 Å². The van der Waals surface area contributed by atoms with E-state index in [2.05, 4.69) is 10.2 Å². The van der Waals surface area contributed by atoms with Crippen LogP contribution in [0.15, 0.2) is 23.1 Å². The van der Waals surface area contributed by atoms with E-state index in [4.69, 9.17) is 11.6 Å². The number of H-pyrrole nitrogens is 1. The predicted molar refractivity (Wildman–Crippen MR) is 49.0 cm³/mol. The molecule has 0 saturated heterocycles. The van der Waals surface area contributed by atoms with Crippen molar-refractivity contribution in [2.24, 2.45) is 0 Å². The third-order valence-corrected chi connectivity index (χ3v) is 2.07. The molecule has 66 valence electrons. The number of phenols is 1. The van der Waals surface area contributed by atoms with Crippen molar-refractivity contribution < 1.29 is 5.11 Å². The van der Waals surface area contributed by atoms with E-state index in [1.165, 1.54) is 18.3 Å². The zero-order valence-corrected chi connectivity index (χ0v) is 7.17. The number of aromatic amines is 1. The number of aromatic hydroxyl groups is 1. The van der Waals surface area contributed by atoms with Gasteiger partial charge in [0.05, 0.1) is 22.0 Å². The van der Waals surface area contributed by atoms with Gasteiger partial charge in [-0.15, -0.1) is 0 Å². The molecular formula is C8H5ClN2O2. The molecular weight excluding hydrogens is 192 g/mol. The number of fused-ring (bicyclic) bond motifs is 1. The van der Waals surface area contributed by atoms with Crippen molar-refractivity contribution in [2.75, 3.05) is 0 Å². The standard InChI is InChI=1S/C8H5ClN2O2/c9-5-1-2-6(12)4-3-10-11-8(13)7(4)5/h1-3,12H,(H,11,13). The van der Waals surface area contributed by atoms with Crippen LogP contribution >= 0.6 is 11.6 Å². The lowest BCUT2D eigenvalue weighted by Crippen LogP contribution is -2.07. The number of hydrogen-bond donors (Lipinski definition) is 2. The predicted octanol–water partition coefficient (Wildman–Crippen LogP) is 1.28. The number of nitrogens with zero attached hydrogens (tertiary/aromatic N) is 1. The number of rotatable bonds is 0. The van der Waals surface area contributed by atoms with Gasteiger partial charge in [-0.1, -0.05) is 11.6 Å². The van der Waals surface area contributed by atoms with Gasteiger partial charge >= 0.3 is 0 Å². The van der Waals surface area contributed by atoms with Crippen LogP contribution in [0.2, 0.25) is 5.02 Å². The van der Waals surface area contributed by atoms with Crippen LogP contribution in [0.4, 0.5) is 0 Å². The topological polar surface area (TPSA) is 66.0 Å². The fraction of sp³-hybridized carbons (Fsp3) is 0. The summed E-state index contributed by atoms with van der Waals surface area (Å²) in [6.45, 7) is 0. The average Bonchev–Trinajstić information content (AvgIpc) is 2.12. The summed E-state index contributed by atoms with van der Waals surface area (Å²) in [5.74, 6) is -0.00185. The van der Waals surface area contributed by atoms with Gasteiger partial charge in [-0.25, -0.2) is 5.10 Å². The minimum Gasteiger partial charge on any atom is -0.507 e. The maximum Gasteiger partial charge on any atom is 0.273 e. The van der Waals surface area contributed by atoms with Crippen molar-refractivity contribution in [1.82, 2.24) is 10.2 Å². The molecule has 0 unspecified atom stereocenters. The molecule has 4 nitrogen and oxygen atoms in total. The Morgan fingerprint density at radius 2 is 2.23 bits per heavy atom. The van der Waals surface area contributed by atoms with Gasteiger partial charge in [-0.2, -0.15) is 5.10 Å². The summed E-state index contributed by atoms with van der Waals surface area (Å²) in [5, 5.41) is 16.1. The Morgan fingerprint density at radius 3 is 2.92 bits per heavy atom. The van der Waals surface area contributed by atoms with Gasteiger partial charge in [-0.3, -0.25) is 4.79 Å². The summed E-state index contributed by atoms with van der Waals surface area (Å²) in [6.07, 6.45) is 1.36. The SMILES string of the molecule is O=c1[nH]ncc2c(O)ccc(Cl)c12. The van der Waals surface area contributed by atoms with Gasteiger partial charge in [0.1, 0.15) is 5.75 Å². The Bertz CT molecular complexity index is 521. The molecule has 0 spiro atoms. The van der Waals surface area contributed by atoms with Crippen molar-refractivity contribution in [3.63, 3.8) is 0 Å². The molecule has 2 rings (SSSR count). The Labute approximate surface area is 77.8 Å². The molecule has 0 saturated carbocycles. The summed E-state index contributed by atoms with van der Waals surface area (Å²) in [7, 11) is 0. The number of nitrogens with one attached hydrogen (secondary N) is 1. The highest BCUT2D eigenvalue weighted by Gasteiger charge is 2.06. The van der Waals surface area contributed by atoms with Crippen LogP contribution in [0.5, 0.6) is 5.75 Å². The lowest BCUT2D eigenvalue weighted by Gasteiger charge is -1.99. The minimum absolute atomic E-state index is 0.00185. The number of phenolic OH excluding ortho intramolecular Hbond substituents is 1. The number of hydrogen-bond acceptors (Lipinski definition) is 3. The van der Waals surface area contributed by atoms with Crippen LogP contribution in [0, 0.1) is 0 Å². The van der Waals surface area contributed by atoms with E-state index < -0.39 is 5.56 Å². The Balaban J connectivity index is 3.09. The largest absolute Gasteiger partial charge is 0.507 e. The highest BCUT2D eigenvalue weighted by Crippen LogP contribution is 2.26. The fourth-order valence-corrected chi connectivity index (χ4v) is 1.41. The van der Waals surface area contributed by atoms with E-state index in [9.17, 15) is 9.90 Å². The quantitative estimate of drug-likeness (QED) is 0.667. The molecule has 5 heteroatoms. The second-order valence-corrected chi connectivity index (χ2v) is 2.96. The zero-order chi connectivity index (χ0) is 9.42. The van der Waals surface area contributed by atoms with Crippen molar-refractivity contribution in [1.29, 1.82) is 0 Å². The van der Waals surface area contributed by atoms with Crippen molar-refractivity contribution in [3.8, 4) is 5.75 Å². The van der Waals surface area contributed by atoms with Crippen molar-refractivity contribution >= 4 is 22.4 Å². The van der Waals surface area contributed by atoms with E-state index in [1.807, 2.05) is 0 Å². The van der Waals surface area contributed by atoms with Crippen LogP contribution in [0.25, 0.3) is 10.8 Å². The maximum absolute atomic E-state index is 11.2. The molecule has 0 radical (unpaired) electrons. The molecule has 1 aromatic carbocycles. The summed E-state index contributed by atoms with van der Waals surface area (Å²) < 4.78 is 0. The molecule has 0 aliphatic heterocycles. The Morgan fingerprint density at radius 1 is 1.46 bits per heavy atom. The van der Waals surface area contributed by atoms with E-state index in [0.717, 1.165) is 0 Å². The summed E-state index contributed by atoms with van der Waals surface area (Å²) >= 11 is 5.78. The molecule has 0 bridgehead atoms. The Hall–Kier alpha value is -1.55. The van der Waals surface area contributed by atoms with Gasteiger partial charge in [0.2, 0.25) is 0 Å². The molecule has 0 atom stereocenters. The monoisotopic (exact) mass is 196 g/mol. The fourth-order valence-electron chi connectivity index (χ4n) is 1.15. The molecule has 0 aliphatic rings. The van der Waals surface area contributed by atoms with Crippen LogP contribution in [-0.4, -0.2) is 15.3 Å². The lowest BCUT2D eigenvalue weighted by molar-refractivity contribution is 0.481. The average molecular weight is 197 g/mol. The third-order valence-electron chi connectivity index (χ3n) is 1.76. The highest BCUT2D eigenvalue weighted by molar-refractivity contribution is 6.35. The molecule has 13 heavy (non-hydrogen) atoms. The lowest BCUT2D eigenvalue weighted by atomic mass is 10.2. The first-order valence-corrected chi connectivity index (χ1v) is 3.93. The van der Waals surface area contributed by atoms with Crippen LogP contribution in [0.1, 0.15) is 0 Å². The third kappa shape index (κ3) is 1.15. The van der Waals surface area contributed by atoms with E-state index in [0.29, 0.717) is 10.4 Å². The minimum atomic E-state index is -0.404. The van der Waals surface area contributed by atoms with E-state index in [1.54, 1.807) is 0 Å². The maximum atomic E-state index is 11.2.